The van der Waals surface area contributed by atoms with Gasteiger partial charge in [-0.05, 0) is 18.8 Å². The van der Waals surface area contributed by atoms with E-state index in [1.165, 1.54) is 25.7 Å². The summed E-state index contributed by atoms with van der Waals surface area (Å²) in [6, 6.07) is 0. The molecule has 0 aliphatic carbocycles. The van der Waals surface area contributed by atoms with Crippen molar-refractivity contribution in [2.45, 2.75) is 46.5 Å². The van der Waals surface area contributed by atoms with Gasteiger partial charge >= 0.3 is 0 Å². The molecule has 0 amide bonds. The maximum atomic E-state index is 4.18. The summed E-state index contributed by atoms with van der Waals surface area (Å²) in [4.78, 5) is 4.18. The molecule has 0 aliphatic heterocycles. The molecule has 0 rings (SSSR count). The molecule has 0 saturated heterocycles. The normalized spacial score (nSPS) is 11.9. The molecule has 0 bridgehead atoms. The predicted octanol–water partition coefficient (Wildman–Crippen LogP) is 2.39. The molecule has 90 valence electrons. The molecule has 15 heavy (non-hydrogen) atoms. The molecule has 0 aromatic carbocycles. The second kappa shape index (κ2) is 9.81. The van der Waals surface area contributed by atoms with Crippen LogP contribution in [0.3, 0.4) is 0 Å². The van der Waals surface area contributed by atoms with Crippen LogP contribution in [0.15, 0.2) is 4.99 Å². The Bertz CT molecular complexity index is 164. The number of hydrogen-bond acceptors (Lipinski definition) is 1. The van der Waals surface area contributed by atoms with Gasteiger partial charge in [-0.3, -0.25) is 4.99 Å². The van der Waals surface area contributed by atoms with E-state index >= 15 is 0 Å². The van der Waals surface area contributed by atoms with Gasteiger partial charge in [-0.15, -0.1) is 0 Å². The summed E-state index contributed by atoms with van der Waals surface area (Å²) in [6.07, 6.45) is 4.97. The molecule has 0 unspecified atom stereocenters. The SMILES string of the molecule is CCCCCNC(=NC)NCCC(C)C. The first kappa shape index (κ1) is 14.3. The lowest BCUT2D eigenvalue weighted by Gasteiger charge is -2.12. The lowest BCUT2D eigenvalue weighted by Crippen LogP contribution is -2.38. The van der Waals surface area contributed by atoms with Crippen molar-refractivity contribution in [3.05, 3.63) is 0 Å². The third-order valence-corrected chi connectivity index (χ3v) is 2.31. The fraction of sp³-hybridized carbons (Fsp3) is 0.917. The Hall–Kier alpha value is -0.730. The van der Waals surface area contributed by atoms with Gasteiger partial charge in [0, 0.05) is 20.1 Å². The second-order valence-corrected chi connectivity index (χ2v) is 4.32. The van der Waals surface area contributed by atoms with Gasteiger partial charge in [-0.2, -0.15) is 0 Å². The Morgan fingerprint density at radius 3 is 2.33 bits per heavy atom. The van der Waals surface area contributed by atoms with Crippen LogP contribution in [0.5, 0.6) is 0 Å². The molecule has 0 aromatic rings. The van der Waals surface area contributed by atoms with Gasteiger partial charge in [0.2, 0.25) is 0 Å². The van der Waals surface area contributed by atoms with Crippen molar-refractivity contribution in [1.29, 1.82) is 0 Å². The highest BCUT2D eigenvalue weighted by Gasteiger charge is 1.97. The van der Waals surface area contributed by atoms with Crippen molar-refractivity contribution in [3.63, 3.8) is 0 Å². The zero-order valence-corrected chi connectivity index (χ0v) is 10.8. The standard InChI is InChI=1S/C12H27N3/c1-5-6-7-9-14-12(13-4)15-10-8-11(2)3/h11H,5-10H2,1-4H3,(H2,13,14,15). The Kier molecular flexibility index (Phi) is 9.33. The van der Waals surface area contributed by atoms with Crippen LogP contribution in [0.4, 0.5) is 0 Å². The highest BCUT2D eigenvalue weighted by Crippen LogP contribution is 1.96. The van der Waals surface area contributed by atoms with Gasteiger partial charge in [-0.1, -0.05) is 33.6 Å². The zero-order chi connectivity index (χ0) is 11.5. The minimum Gasteiger partial charge on any atom is -0.356 e. The second-order valence-electron chi connectivity index (χ2n) is 4.32. The van der Waals surface area contributed by atoms with Gasteiger partial charge in [0.1, 0.15) is 0 Å². The summed E-state index contributed by atoms with van der Waals surface area (Å²) < 4.78 is 0. The third-order valence-electron chi connectivity index (χ3n) is 2.31. The Morgan fingerprint density at radius 2 is 1.80 bits per heavy atom. The summed E-state index contributed by atoms with van der Waals surface area (Å²) in [6.45, 7) is 8.72. The van der Waals surface area contributed by atoms with E-state index in [9.17, 15) is 0 Å². The molecule has 3 nitrogen and oxygen atoms in total. The lowest BCUT2D eigenvalue weighted by molar-refractivity contribution is 0.572. The summed E-state index contributed by atoms with van der Waals surface area (Å²) >= 11 is 0. The van der Waals surface area contributed by atoms with Crippen molar-refractivity contribution in [1.82, 2.24) is 10.6 Å². The molecular formula is C12H27N3. The molecular weight excluding hydrogens is 186 g/mol. The van der Waals surface area contributed by atoms with Gasteiger partial charge in [0.15, 0.2) is 5.96 Å². The van der Waals surface area contributed by atoms with Gasteiger partial charge in [-0.25, -0.2) is 0 Å². The highest BCUT2D eigenvalue weighted by atomic mass is 15.2. The van der Waals surface area contributed by atoms with Crippen LogP contribution in [0.1, 0.15) is 46.5 Å². The predicted molar refractivity (Wildman–Crippen MR) is 68.3 cm³/mol. The molecule has 0 atom stereocenters. The average molecular weight is 213 g/mol. The first-order valence-corrected chi connectivity index (χ1v) is 6.15. The molecule has 0 radical (unpaired) electrons. The summed E-state index contributed by atoms with van der Waals surface area (Å²) in [5, 5.41) is 6.63. The Labute approximate surface area is 94.7 Å². The van der Waals surface area contributed by atoms with Crippen LogP contribution in [0, 0.1) is 5.92 Å². The summed E-state index contributed by atoms with van der Waals surface area (Å²) in [5.74, 6) is 1.68. The van der Waals surface area contributed by atoms with Crippen LogP contribution in [-0.2, 0) is 0 Å². The fourth-order valence-corrected chi connectivity index (χ4v) is 1.28. The van der Waals surface area contributed by atoms with Crippen LogP contribution in [-0.4, -0.2) is 26.1 Å². The van der Waals surface area contributed by atoms with E-state index in [1.54, 1.807) is 0 Å². The average Bonchev–Trinajstić information content (AvgIpc) is 2.21. The number of unbranched alkanes of at least 4 members (excludes halogenated alkanes) is 2. The molecule has 0 aromatic heterocycles. The van der Waals surface area contributed by atoms with E-state index in [0.717, 1.165) is 25.0 Å². The van der Waals surface area contributed by atoms with Crippen LogP contribution < -0.4 is 10.6 Å². The van der Waals surface area contributed by atoms with Gasteiger partial charge in [0.25, 0.3) is 0 Å². The van der Waals surface area contributed by atoms with E-state index in [-0.39, 0.29) is 0 Å². The number of nitrogens with one attached hydrogen (secondary N) is 2. The maximum Gasteiger partial charge on any atom is 0.190 e. The fourth-order valence-electron chi connectivity index (χ4n) is 1.28. The largest absolute Gasteiger partial charge is 0.356 e. The molecule has 3 heteroatoms. The summed E-state index contributed by atoms with van der Waals surface area (Å²) in [7, 11) is 1.82. The van der Waals surface area contributed by atoms with Gasteiger partial charge < -0.3 is 10.6 Å². The van der Waals surface area contributed by atoms with Crippen molar-refractivity contribution in [2.24, 2.45) is 10.9 Å². The highest BCUT2D eigenvalue weighted by molar-refractivity contribution is 5.79. The van der Waals surface area contributed by atoms with E-state index in [0.29, 0.717) is 0 Å². The Balaban J connectivity index is 3.48. The van der Waals surface area contributed by atoms with Crippen LogP contribution in [0.2, 0.25) is 0 Å². The number of rotatable bonds is 7. The van der Waals surface area contributed by atoms with Crippen molar-refractivity contribution < 1.29 is 0 Å². The molecule has 0 spiro atoms. The van der Waals surface area contributed by atoms with Gasteiger partial charge in [0.05, 0.1) is 0 Å². The molecule has 0 saturated carbocycles. The van der Waals surface area contributed by atoms with Crippen LogP contribution in [0.25, 0.3) is 0 Å². The first-order valence-electron chi connectivity index (χ1n) is 6.15. The lowest BCUT2D eigenvalue weighted by atomic mass is 10.1. The minimum atomic E-state index is 0.746. The number of nitrogens with zero attached hydrogens (tertiary/aromatic N) is 1. The van der Waals surface area contributed by atoms with E-state index in [1.807, 2.05) is 7.05 Å². The first-order chi connectivity index (χ1) is 7.20. The monoisotopic (exact) mass is 213 g/mol. The number of hydrogen-bond donors (Lipinski definition) is 2. The third kappa shape index (κ3) is 9.57. The quantitative estimate of drug-likeness (QED) is 0.387. The van der Waals surface area contributed by atoms with E-state index in [4.69, 9.17) is 0 Å². The van der Waals surface area contributed by atoms with E-state index in [2.05, 4.69) is 36.4 Å². The smallest absolute Gasteiger partial charge is 0.190 e. The van der Waals surface area contributed by atoms with Crippen molar-refractivity contribution in [3.8, 4) is 0 Å². The number of guanidine groups is 1. The molecule has 0 fully saturated rings. The summed E-state index contributed by atoms with van der Waals surface area (Å²) in [5.41, 5.74) is 0. The number of aliphatic imine (C=N–C) groups is 1. The topological polar surface area (TPSA) is 36.4 Å². The molecule has 2 N–H and O–H groups in total. The minimum absolute atomic E-state index is 0.746. The van der Waals surface area contributed by atoms with Crippen molar-refractivity contribution >= 4 is 5.96 Å². The zero-order valence-electron chi connectivity index (χ0n) is 10.8. The van der Waals surface area contributed by atoms with E-state index < -0.39 is 0 Å². The maximum absolute atomic E-state index is 4.18. The van der Waals surface area contributed by atoms with Crippen molar-refractivity contribution in [2.75, 3.05) is 20.1 Å². The van der Waals surface area contributed by atoms with Crippen LogP contribution >= 0.6 is 0 Å². The molecule has 0 heterocycles. The Morgan fingerprint density at radius 1 is 1.13 bits per heavy atom. The molecule has 0 aliphatic rings.